The highest BCUT2D eigenvalue weighted by Crippen LogP contribution is 2.35. The van der Waals surface area contributed by atoms with Crippen LogP contribution in [0.5, 0.6) is 0 Å². The van der Waals surface area contributed by atoms with Crippen LogP contribution in [0.15, 0.2) is 84.9 Å². The molecule has 4 rings (SSSR count). The van der Waals surface area contributed by atoms with Gasteiger partial charge in [-0.3, -0.25) is 4.79 Å². The predicted molar refractivity (Wildman–Crippen MR) is 142 cm³/mol. The summed E-state index contributed by atoms with van der Waals surface area (Å²) in [6.45, 7) is 5.09. The van der Waals surface area contributed by atoms with Gasteiger partial charge in [0.25, 0.3) is 5.91 Å². The molecular weight excluding hydrogens is 416 g/mol. The average Bonchev–Trinajstić information content (AvgIpc) is 3.15. The van der Waals surface area contributed by atoms with Crippen LogP contribution < -0.4 is 5.73 Å². The molecule has 1 heterocycles. The Balaban J connectivity index is 1.77. The third kappa shape index (κ3) is 5.14. The second-order valence-corrected chi connectivity index (χ2v) is 8.93. The van der Waals surface area contributed by atoms with Crippen LogP contribution in [-0.2, 0) is 19.4 Å². The number of aromatic nitrogens is 1. The van der Waals surface area contributed by atoms with E-state index in [2.05, 4.69) is 84.3 Å². The van der Waals surface area contributed by atoms with Crippen molar-refractivity contribution < 1.29 is 4.79 Å². The highest BCUT2D eigenvalue weighted by atomic mass is 16.1. The van der Waals surface area contributed by atoms with Crippen molar-refractivity contribution in [3.05, 3.63) is 107 Å². The lowest BCUT2D eigenvalue weighted by molar-refractivity contribution is 0.1000. The number of primary amides is 1. The highest BCUT2D eigenvalue weighted by Gasteiger charge is 2.24. The average molecular weight is 451 g/mol. The number of carbonyl (C=O) groups excluding carboxylic acids is 1. The molecule has 3 aromatic carbocycles. The normalized spacial score (nSPS) is 11.0. The van der Waals surface area contributed by atoms with E-state index in [0.717, 1.165) is 54.6 Å². The maximum absolute atomic E-state index is 12.7. The number of nitrogens with zero attached hydrogens (tertiary/aromatic N) is 1. The quantitative estimate of drug-likeness (QED) is 0.255. The molecule has 0 bridgehead atoms. The van der Waals surface area contributed by atoms with Crippen molar-refractivity contribution in [3.63, 3.8) is 0 Å². The summed E-state index contributed by atoms with van der Waals surface area (Å²) in [5.74, 6) is -0.352. The summed E-state index contributed by atoms with van der Waals surface area (Å²) in [4.78, 5) is 12.7. The first-order valence-electron chi connectivity index (χ1n) is 12.3. The molecule has 4 aromatic rings. The van der Waals surface area contributed by atoms with Gasteiger partial charge in [-0.05, 0) is 48.4 Å². The van der Waals surface area contributed by atoms with E-state index in [1.807, 2.05) is 19.1 Å². The lowest BCUT2D eigenvalue weighted by atomic mass is 9.95. The topological polar surface area (TPSA) is 48.0 Å². The Labute approximate surface area is 203 Å². The Morgan fingerprint density at radius 1 is 0.765 bits per heavy atom. The van der Waals surface area contributed by atoms with E-state index in [4.69, 9.17) is 5.73 Å². The summed E-state index contributed by atoms with van der Waals surface area (Å²) in [5, 5.41) is 0. The minimum absolute atomic E-state index is 0.352. The van der Waals surface area contributed by atoms with Gasteiger partial charge in [0.2, 0.25) is 0 Å². The van der Waals surface area contributed by atoms with E-state index in [9.17, 15) is 4.79 Å². The molecule has 3 nitrogen and oxygen atoms in total. The molecule has 0 fully saturated rings. The minimum atomic E-state index is -0.352. The van der Waals surface area contributed by atoms with Crippen LogP contribution in [0, 0.1) is 6.92 Å². The Hall–Kier alpha value is -3.59. The maximum Gasteiger partial charge on any atom is 0.251 e. The van der Waals surface area contributed by atoms with Gasteiger partial charge in [0.05, 0.1) is 5.56 Å². The van der Waals surface area contributed by atoms with Crippen LogP contribution in [0.4, 0.5) is 0 Å². The SMILES string of the molecule is CCCCCc1c(-c2ccc(-c3ccccc3)cc2)c(C(N)=O)c(C)n1CCc1ccccc1. The fourth-order valence-corrected chi connectivity index (χ4v) is 4.86. The Kier molecular flexibility index (Phi) is 7.64. The van der Waals surface area contributed by atoms with Crippen LogP contribution >= 0.6 is 0 Å². The lowest BCUT2D eigenvalue weighted by Crippen LogP contribution is -2.14. The van der Waals surface area contributed by atoms with Crippen LogP contribution in [0.2, 0.25) is 0 Å². The molecule has 174 valence electrons. The van der Waals surface area contributed by atoms with E-state index in [-0.39, 0.29) is 5.91 Å². The van der Waals surface area contributed by atoms with Crippen molar-refractivity contribution in [1.82, 2.24) is 4.57 Å². The summed E-state index contributed by atoms with van der Waals surface area (Å²) in [5.41, 5.74) is 14.5. The monoisotopic (exact) mass is 450 g/mol. The number of nitrogens with two attached hydrogens (primary N) is 1. The van der Waals surface area contributed by atoms with Crippen molar-refractivity contribution in [1.29, 1.82) is 0 Å². The third-order valence-electron chi connectivity index (χ3n) is 6.64. The van der Waals surface area contributed by atoms with Gasteiger partial charge in [-0.15, -0.1) is 0 Å². The van der Waals surface area contributed by atoms with Crippen LogP contribution in [0.3, 0.4) is 0 Å². The summed E-state index contributed by atoms with van der Waals surface area (Å²) >= 11 is 0. The van der Waals surface area contributed by atoms with Gasteiger partial charge in [-0.25, -0.2) is 0 Å². The first kappa shape index (κ1) is 23.6. The van der Waals surface area contributed by atoms with Crippen LogP contribution in [-0.4, -0.2) is 10.5 Å². The molecule has 0 atom stereocenters. The molecule has 2 N–H and O–H groups in total. The van der Waals surface area contributed by atoms with Crippen LogP contribution in [0.25, 0.3) is 22.3 Å². The molecule has 0 saturated heterocycles. The third-order valence-corrected chi connectivity index (χ3v) is 6.64. The molecule has 0 unspecified atom stereocenters. The Morgan fingerprint density at radius 2 is 1.35 bits per heavy atom. The minimum Gasteiger partial charge on any atom is -0.366 e. The molecule has 0 spiro atoms. The number of aryl methyl sites for hydroxylation is 1. The number of hydrogen-bond acceptors (Lipinski definition) is 1. The summed E-state index contributed by atoms with van der Waals surface area (Å²) in [7, 11) is 0. The molecule has 1 aromatic heterocycles. The molecule has 0 aliphatic heterocycles. The van der Waals surface area contributed by atoms with Gasteiger partial charge in [0.15, 0.2) is 0 Å². The zero-order valence-corrected chi connectivity index (χ0v) is 20.3. The highest BCUT2D eigenvalue weighted by molar-refractivity contribution is 6.02. The zero-order chi connectivity index (χ0) is 23.9. The van der Waals surface area contributed by atoms with Crippen molar-refractivity contribution in [2.75, 3.05) is 0 Å². The van der Waals surface area contributed by atoms with E-state index < -0.39 is 0 Å². The number of amides is 1. The smallest absolute Gasteiger partial charge is 0.251 e. The second-order valence-electron chi connectivity index (χ2n) is 8.93. The number of benzene rings is 3. The molecular formula is C31H34N2O. The van der Waals surface area contributed by atoms with Crippen molar-refractivity contribution in [2.45, 2.75) is 52.5 Å². The zero-order valence-electron chi connectivity index (χ0n) is 20.3. The van der Waals surface area contributed by atoms with E-state index in [1.54, 1.807) is 0 Å². The summed E-state index contributed by atoms with van der Waals surface area (Å²) < 4.78 is 2.34. The molecule has 34 heavy (non-hydrogen) atoms. The number of hydrogen-bond donors (Lipinski definition) is 1. The van der Waals surface area contributed by atoms with Crippen molar-refractivity contribution in [2.24, 2.45) is 5.73 Å². The second kappa shape index (κ2) is 11.0. The van der Waals surface area contributed by atoms with Crippen molar-refractivity contribution >= 4 is 5.91 Å². The molecule has 0 aliphatic carbocycles. The van der Waals surface area contributed by atoms with E-state index in [1.165, 1.54) is 23.2 Å². The van der Waals surface area contributed by atoms with Gasteiger partial charge in [-0.1, -0.05) is 105 Å². The first-order chi connectivity index (χ1) is 16.6. The molecule has 0 radical (unpaired) electrons. The number of rotatable bonds is 10. The standard InChI is InChI=1S/C31H34N2O/c1-3-4-7-16-28-30(27-19-17-26(18-20-27)25-14-10-6-11-15-25)29(31(32)34)23(2)33(28)22-21-24-12-8-5-9-13-24/h5-6,8-15,17-20H,3-4,7,16,21-22H2,1-2H3,(H2,32,34). The largest absolute Gasteiger partial charge is 0.366 e. The lowest BCUT2D eigenvalue weighted by Gasteiger charge is -2.14. The maximum atomic E-state index is 12.7. The molecule has 1 amide bonds. The number of carbonyl (C=O) groups is 1. The van der Waals surface area contributed by atoms with E-state index >= 15 is 0 Å². The molecule has 0 saturated carbocycles. The van der Waals surface area contributed by atoms with Gasteiger partial charge >= 0.3 is 0 Å². The predicted octanol–water partition coefficient (Wildman–Crippen LogP) is 7.20. The Morgan fingerprint density at radius 3 is 1.97 bits per heavy atom. The summed E-state index contributed by atoms with van der Waals surface area (Å²) in [6.07, 6.45) is 5.28. The first-order valence-corrected chi connectivity index (χ1v) is 12.3. The van der Waals surface area contributed by atoms with Crippen molar-refractivity contribution in [3.8, 4) is 22.3 Å². The Bertz CT molecular complexity index is 1220. The van der Waals surface area contributed by atoms with E-state index in [0.29, 0.717) is 5.56 Å². The van der Waals surface area contributed by atoms with Gasteiger partial charge in [0.1, 0.15) is 0 Å². The fraction of sp³-hybridized carbons (Fsp3) is 0.258. The molecule has 0 aliphatic rings. The number of unbranched alkanes of at least 4 members (excludes halogenated alkanes) is 2. The van der Waals surface area contributed by atoms with Gasteiger partial charge in [-0.2, -0.15) is 0 Å². The molecule has 3 heteroatoms. The van der Waals surface area contributed by atoms with Crippen LogP contribution in [0.1, 0.15) is 53.5 Å². The fourth-order valence-electron chi connectivity index (χ4n) is 4.86. The van der Waals surface area contributed by atoms with Gasteiger partial charge in [0, 0.05) is 23.5 Å². The van der Waals surface area contributed by atoms with Gasteiger partial charge < -0.3 is 10.3 Å². The summed E-state index contributed by atoms with van der Waals surface area (Å²) in [6, 6.07) is 29.4.